The summed E-state index contributed by atoms with van der Waals surface area (Å²) in [5.74, 6) is 5.60. The second kappa shape index (κ2) is 8.18. The Morgan fingerprint density at radius 1 is 1.52 bits per heavy atom. The maximum Gasteiger partial charge on any atom is 0.309 e. The fraction of sp³-hybridized carbons (Fsp3) is 0.562. The number of hydrogen-bond donors (Lipinski definition) is 1. The van der Waals surface area contributed by atoms with Crippen molar-refractivity contribution in [2.45, 2.75) is 26.3 Å². The molecule has 1 aliphatic rings. The van der Waals surface area contributed by atoms with Crippen LogP contribution in [0.4, 0.5) is 0 Å². The zero-order valence-corrected chi connectivity index (χ0v) is 13.1. The Balaban J connectivity index is 1.80. The number of piperidine rings is 1. The summed E-state index contributed by atoms with van der Waals surface area (Å²) in [5.41, 5.74) is 0.963. The molecule has 21 heavy (non-hydrogen) atoms. The van der Waals surface area contributed by atoms with Crippen molar-refractivity contribution in [3.63, 3.8) is 0 Å². The Morgan fingerprint density at radius 3 is 2.95 bits per heavy atom. The number of carbonyl (C=O) groups is 1. The molecule has 0 saturated carbocycles. The number of likely N-dealkylation sites (tertiary alicyclic amines) is 1. The third-order valence-electron chi connectivity index (χ3n) is 3.55. The van der Waals surface area contributed by atoms with E-state index in [4.69, 9.17) is 9.84 Å². The molecule has 1 saturated heterocycles. The summed E-state index contributed by atoms with van der Waals surface area (Å²) in [6, 6.07) is 2.07. The van der Waals surface area contributed by atoms with E-state index in [-0.39, 0.29) is 18.5 Å². The first-order chi connectivity index (χ1) is 10.2. The normalized spacial score (nSPS) is 16.3. The molecule has 1 aromatic rings. The number of aliphatic hydroxyl groups is 1. The largest absolute Gasteiger partial charge is 0.466 e. The Kier molecular flexibility index (Phi) is 6.24. The van der Waals surface area contributed by atoms with Crippen molar-refractivity contribution in [2.24, 2.45) is 5.92 Å². The number of esters is 1. The summed E-state index contributed by atoms with van der Waals surface area (Å²) in [7, 11) is 0. The summed E-state index contributed by atoms with van der Waals surface area (Å²) in [6.45, 7) is 4.97. The van der Waals surface area contributed by atoms with E-state index in [0.717, 1.165) is 38.0 Å². The van der Waals surface area contributed by atoms with Gasteiger partial charge in [0, 0.05) is 22.4 Å². The van der Waals surface area contributed by atoms with Crippen LogP contribution in [-0.2, 0) is 16.1 Å². The molecule has 4 nitrogen and oxygen atoms in total. The molecule has 1 fully saturated rings. The maximum atomic E-state index is 11.7. The molecule has 0 unspecified atom stereocenters. The first kappa shape index (κ1) is 16.0. The lowest BCUT2D eigenvalue weighted by molar-refractivity contribution is -0.149. The molecule has 1 aliphatic heterocycles. The molecule has 2 rings (SSSR count). The van der Waals surface area contributed by atoms with Gasteiger partial charge >= 0.3 is 5.97 Å². The molecule has 0 bridgehead atoms. The van der Waals surface area contributed by atoms with E-state index in [0.29, 0.717) is 6.61 Å². The lowest BCUT2D eigenvalue weighted by Crippen LogP contribution is -2.36. The molecule has 5 heteroatoms. The highest BCUT2D eigenvalue weighted by Crippen LogP contribution is 2.22. The van der Waals surface area contributed by atoms with Crippen molar-refractivity contribution in [1.82, 2.24) is 4.90 Å². The van der Waals surface area contributed by atoms with Crippen LogP contribution in [0.3, 0.4) is 0 Å². The minimum absolute atomic E-state index is 0.0464. The van der Waals surface area contributed by atoms with Crippen LogP contribution in [0.1, 0.15) is 30.2 Å². The van der Waals surface area contributed by atoms with Crippen LogP contribution in [0.2, 0.25) is 0 Å². The quantitative estimate of drug-likeness (QED) is 0.681. The second-order valence-corrected chi connectivity index (χ2v) is 6.06. The molecule has 1 N–H and O–H groups in total. The van der Waals surface area contributed by atoms with E-state index in [1.54, 1.807) is 11.3 Å². The molecular formula is C16H21NO3S. The topological polar surface area (TPSA) is 49.8 Å². The Labute approximate surface area is 129 Å². The van der Waals surface area contributed by atoms with Gasteiger partial charge in [-0.05, 0) is 38.9 Å². The average Bonchev–Trinajstić information content (AvgIpc) is 2.93. The summed E-state index contributed by atoms with van der Waals surface area (Å²) in [6.07, 6.45) is 1.75. The fourth-order valence-electron chi connectivity index (χ4n) is 2.48. The van der Waals surface area contributed by atoms with Crippen molar-refractivity contribution in [3.8, 4) is 11.8 Å². The number of hydrogen-bond acceptors (Lipinski definition) is 5. The number of thiophene rings is 1. The van der Waals surface area contributed by atoms with Gasteiger partial charge in [0.1, 0.15) is 6.61 Å². The molecule has 114 valence electrons. The fourth-order valence-corrected chi connectivity index (χ4v) is 3.34. The van der Waals surface area contributed by atoms with Crippen molar-refractivity contribution in [3.05, 3.63) is 21.9 Å². The van der Waals surface area contributed by atoms with Gasteiger partial charge < -0.3 is 9.84 Å². The molecule has 0 radical (unpaired) electrons. The molecule has 0 aromatic carbocycles. The molecule has 0 amide bonds. The number of aliphatic hydroxyl groups excluding tert-OH is 1. The smallest absolute Gasteiger partial charge is 0.309 e. The van der Waals surface area contributed by atoms with Gasteiger partial charge in [-0.2, -0.15) is 0 Å². The number of nitrogens with zero attached hydrogens (tertiary/aromatic N) is 1. The first-order valence-corrected chi connectivity index (χ1v) is 8.17. The minimum Gasteiger partial charge on any atom is -0.466 e. The Bertz CT molecular complexity index is 521. The van der Waals surface area contributed by atoms with Crippen LogP contribution in [0.5, 0.6) is 0 Å². The highest BCUT2D eigenvalue weighted by atomic mass is 32.1. The van der Waals surface area contributed by atoms with Crippen LogP contribution in [0.15, 0.2) is 11.4 Å². The van der Waals surface area contributed by atoms with Crippen LogP contribution in [0, 0.1) is 17.8 Å². The van der Waals surface area contributed by atoms with Gasteiger partial charge in [0.05, 0.1) is 12.5 Å². The van der Waals surface area contributed by atoms with Gasteiger partial charge in [0.25, 0.3) is 0 Å². The molecule has 2 heterocycles. The summed E-state index contributed by atoms with van der Waals surface area (Å²) in [4.78, 5) is 15.3. The van der Waals surface area contributed by atoms with Crippen LogP contribution in [-0.4, -0.2) is 42.3 Å². The van der Waals surface area contributed by atoms with Gasteiger partial charge in [-0.3, -0.25) is 9.69 Å². The predicted octanol–water partition coefficient (Wildman–Crippen LogP) is 1.87. The lowest BCUT2D eigenvalue weighted by atomic mass is 9.97. The first-order valence-electron chi connectivity index (χ1n) is 7.29. The second-order valence-electron chi connectivity index (χ2n) is 5.06. The van der Waals surface area contributed by atoms with Gasteiger partial charge in [-0.25, -0.2) is 0 Å². The van der Waals surface area contributed by atoms with E-state index in [2.05, 4.69) is 22.8 Å². The van der Waals surface area contributed by atoms with Crippen molar-refractivity contribution in [1.29, 1.82) is 0 Å². The lowest BCUT2D eigenvalue weighted by Gasteiger charge is -2.30. The van der Waals surface area contributed by atoms with E-state index in [1.165, 1.54) is 4.88 Å². The van der Waals surface area contributed by atoms with Crippen LogP contribution >= 0.6 is 11.3 Å². The van der Waals surface area contributed by atoms with E-state index in [1.807, 2.05) is 12.3 Å². The Hall–Kier alpha value is -1.35. The zero-order chi connectivity index (χ0) is 15.1. The highest BCUT2D eigenvalue weighted by Gasteiger charge is 2.25. The summed E-state index contributed by atoms with van der Waals surface area (Å²) in [5, 5.41) is 10.7. The van der Waals surface area contributed by atoms with Gasteiger partial charge in [0.15, 0.2) is 0 Å². The summed E-state index contributed by atoms with van der Waals surface area (Å²) >= 11 is 1.69. The van der Waals surface area contributed by atoms with Gasteiger partial charge in [-0.15, -0.1) is 11.3 Å². The highest BCUT2D eigenvalue weighted by molar-refractivity contribution is 7.10. The third kappa shape index (κ3) is 4.85. The Morgan fingerprint density at radius 2 is 2.29 bits per heavy atom. The molecule has 0 atom stereocenters. The predicted molar refractivity (Wildman–Crippen MR) is 82.9 cm³/mol. The van der Waals surface area contributed by atoms with Crippen molar-refractivity contribution < 1.29 is 14.6 Å². The van der Waals surface area contributed by atoms with E-state index < -0.39 is 0 Å². The van der Waals surface area contributed by atoms with Crippen molar-refractivity contribution >= 4 is 17.3 Å². The maximum absolute atomic E-state index is 11.7. The molecular weight excluding hydrogens is 286 g/mol. The number of rotatable bonds is 4. The van der Waals surface area contributed by atoms with E-state index in [9.17, 15) is 4.79 Å². The standard InChI is InChI=1S/C16H21NO3S/c1-2-20-16(19)14-5-7-17(8-6-14)11-15-10-13(12-21-15)4-3-9-18/h10,12,14,18H,2,5-9,11H2,1H3. The number of ether oxygens (including phenoxy) is 1. The van der Waals surface area contributed by atoms with Gasteiger partial charge in [0.2, 0.25) is 0 Å². The third-order valence-corrected chi connectivity index (χ3v) is 4.47. The van der Waals surface area contributed by atoms with Crippen LogP contribution in [0.25, 0.3) is 0 Å². The van der Waals surface area contributed by atoms with Gasteiger partial charge in [-0.1, -0.05) is 11.8 Å². The van der Waals surface area contributed by atoms with E-state index >= 15 is 0 Å². The van der Waals surface area contributed by atoms with Crippen LogP contribution < -0.4 is 0 Å². The van der Waals surface area contributed by atoms with Crippen molar-refractivity contribution in [2.75, 3.05) is 26.3 Å². The average molecular weight is 307 g/mol. The SMILES string of the molecule is CCOC(=O)C1CCN(Cc2cc(C#CCO)cs2)CC1. The monoisotopic (exact) mass is 307 g/mol. The molecule has 0 spiro atoms. The summed E-state index contributed by atoms with van der Waals surface area (Å²) < 4.78 is 5.08. The number of carbonyl (C=O) groups excluding carboxylic acids is 1. The minimum atomic E-state index is -0.105. The zero-order valence-electron chi connectivity index (χ0n) is 12.3. The molecule has 0 aliphatic carbocycles. The molecule has 1 aromatic heterocycles.